The highest BCUT2D eigenvalue weighted by Crippen LogP contribution is 2.36. The number of fused-ring (bicyclic) bond motifs is 2. The Morgan fingerprint density at radius 3 is 2.68 bits per heavy atom. The molecule has 19 heavy (non-hydrogen) atoms. The zero-order chi connectivity index (χ0) is 13.4. The Morgan fingerprint density at radius 1 is 1.37 bits per heavy atom. The van der Waals surface area contributed by atoms with Gasteiger partial charge in [-0.2, -0.15) is 0 Å². The molecule has 3 rings (SSSR count). The Labute approximate surface area is 111 Å². The van der Waals surface area contributed by atoms with E-state index < -0.39 is 11.8 Å². The summed E-state index contributed by atoms with van der Waals surface area (Å²) in [5.41, 5.74) is 1.05. The van der Waals surface area contributed by atoms with Crippen LogP contribution in [-0.2, 0) is 9.47 Å². The number of carbonyl (C=O) groups excluding carboxylic acids is 1. The van der Waals surface area contributed by atoms with E-state index >= 15 is 0 Å². The lowest BCUT2D eigenvalue weighted by Gasteiger charge is -2.37. The Hall–Kier alpha value is -1.62. The standard InChI is InChI=1S/C14H16FNO3/c1-18-14(17)12-6-9(15)2-5-13(12)16-10-3-4-11(16)8-19-7-10/h2,5-6,10-11H,3-4,7-8H2,1H3. The predicted molar refractivity (Wildman–Crippen MR) is 67.8 cm³/mol. The van der Waals surface area contributed by atoms with Gasteiger partial charge >= 0.3 is 5.97 Å². The van der Waals surface area contributed by atoms with Crippen LogP contribution in [0.3, 0.4) is 0 Å². The highest BCUT2D eigenvalue weighted by Gasteiger charge is 2.39. The van der Waals surface area contributed by atoms with Gasteiger partial charge in [0, 0.05) is 0 Å². The second kappa shape index (κ2) is 4.81. The average molecular weight is 265 g/mol. The molecule has 0 spiro atoms. The summed E-state index contributed by atoms with van der Waals surface area (Å²) in [7, 11) is 1.31. The minimum absolute atomic E-state index is 0.271. The monoisotopic (exact) mass is 265 g/mol. The van der Waals surface area contributed by atoms with Crippen LogP contribution in [0.5, 0.6) is 0 Å². The molecule has 0 N–H and O–H groups in total. The molecule has 4 nitrogen and oxygen atoms in total. The number of hydrogen-bond acceptors (Lipinski definition) is 4. The van der Waals surface area contributed by atoms with Crippen molar-refractivity contribution in [1.29, 1.82) is 0 Å². The molecule has 2 atom stereocenters. The molecule has 0 amide bonds. The maximum absolute atomic E-state index is 13.4. The number of anilines is 1. The van der Waals surface area contributed by atoms with Gasteiger partial charge in [-0.15, -0.1) is 0 Å². The molecule has 1 aromatic carbocycles. The summed E-state index contributed by atoms with van der Waals surface area (Å²) in [5, 5.41) is 0. The number of morpholine rings is 1. The number of benzene rings is 1. The number of esters is 1. The fourth-order valence-electron chi connectivity index (χ4n) is 3.03. The van der Waals surface area contributed by atoms with Crippen molar-refractivity contribution < 1.29 is 18.7 Å². The zero-order valence-electron chi connectivity index (χ0n) is 10.8. The normalized spacial score (nSPS) is 25.5. The molecule has 0 aliphatic carbocycles. The van der Waals surface area contributed by atoms with Crippen molar-refractivity contribution in [2.45, 2.75) is 24.9 Å². The molecule has 2 aliphatic rings. The third kappa shape index (κ3) is 2.08. The summed E-state index contributed by atoms with van der Waals surface area (Å²) in [5.74, 6) is -0.926. The van der Waals surface area contributed by atoms with E-state index in [4.69, 9.17) is 9.47 Å². The number of nitrogens with zero attached hydrogens (tertiary/aromatic N) is 1. The van der Waals surface area contributed by atoms with E-state index in [1.54, 1.807) is 6.07 Å². The lowest BCUT2D eigenvalue weighted by Crippen LogP contribution is -2.46. The lowest BCUT2D eigenvalue weighted by atomic mass is 10.1. The number of methoxy groups -OCH3 is 1. The van der Waals surface area contributed by atoms with Gasteiger partial charge in [-0.05, 0) is 31.0 Å². The maximum Gasteiger partial charge on any atom is 0.340 e. The summed E-state index contributed by atoms with van der Waals surface area (Å²) < 4.78 is 23.6. The highest BCUT2D eigenvalue weighted by molar-refractivity contribution is 5.96. The van der Waals surface area contributed by atoms with Crippen molar-refractivity contribution in [3.63, 3.8) is 0 Å². The van der Waals surface area contributed by atoms with Gasteiger partial charge in [0.2, 0.25) is 0 Å². The first-order valence-corrected chi connectivity index (χ1v) is 6.44. The van der Waals surface area contributed by atoms with Gasteiger partial charge in [0.05, 0.1) is 43.7 Å². The van der Waals surface area contributed by atoms with E-state index in [1.807, 2.05) is 0 Å². The van der Waals surface area contributed by atoms with Gasteiger partial charge in [-0.25, -0.2) is 9.18 Å². The third-order valence-electron chi connectivity index (χ3n) is 3.88. The summed E-state index contributed by atoms with van der Waals surface area (Å²) in [6.45, 7) is 1.32. The van der Waals surface area contributed by atoms with Gasteiger partial charge in [0.15, 0.2) is 0 Å². The minimum atomic E-state index is -0.500. The smallest absolute Gasteiger partial charge is 0.340 e. The van der Waals surface area contributed by atoms with Crippen molar-refractivity contribution in [3.8, 4) is 0 Å². The molecule has 0 saturated carbocycles. The van der Waals surface area contributed by atoms with Crippen LogP contribution in [0.1, 0.15) is 23.2 Å². The number of carbonyl (C=O) groups is 1. The molecule has 5 heteroatoms. The first-order valence-electron chi connectivity index (χ1n) is 6.44. The van der Waals surface area contributed by atoms with Crippen LogP contribution in [0.15, 0.2) is 18.2 Å². The van der Waals surface area contributed by atoms with Crippen LogP contribution in [0.2, 0.25) is 0 Å². The molecule has 102 valence electrons. The van der Waals surface area contributed by atoms with E-state index in [-0.39, 0.29) is 12.1 Å². The van der Waals surface area contributed by atoms with Gasteiger partial charge in [0.25, 0.3) is 0 Å². The molecule has 2 saturated heterocycles. The van der Waals surface area contributed by atoms with Crippen LogP contribution in [-0.4, -0.2) is 38.4 Å². The number of ether oxygens (including phenoxy) is 2. The fourth-order valence-corrected chi connectivity index (χ4v) is 3.03. The number of rotatable bonds is 2. The lowest BCUT2D eigenvalue weighted by molar-refractivity contribution is 0.0598. The molecular formula is C14H16FNO3. The number of hydrogen-bond donors (Lipinski definition) is 0. The molecule has 2 heterocycles. The molecule has 1 aromatic rings. The van der Waals surface area contributed by atoms with E-state index in [9.17, 15) is 9.18 Å². The van der Waals surface area contributed by atoms with E-state index in [1.165, 1.54) is 19.2 Å². The van der Waals surface area contributed by atoms with Crippen LogP contribution in [0, 0.1) is 5.82 Å². The largest absolute Gasteiger partial charge is 0.465 e. The molecule has 0 aromatic heterocycles. The predicted octanol–water partition coefficient (Wildman–Crippen LogP) is 1.98. The first kappa shape index (κ1) is 12.4. The van der Waals surface area contributed by atoms with Crippen LogP contribution in [0.4, 0.5) is 10.1 Å². The van der Waals surface area contributed by atoms with Gasteiger partial charge < -0.3 is 14.4 Å². The third-order valence-corrected chi connectivity index (χ3v) is 3.88. The Morgan fingerprint density at radius 2 is 2.05 bits per heavy atom. The van der Waals surface area contributed by atoms with Crippen molar-refractivity contribution in [2.75, 3.05) is 25.2 Å². The van der Waals surface area contributed by atoms with E-state index in [2.05, 4.69) is 4.90 Å². The zero-order valence-corrected chi connectivity index (χ0v) is 10.8. The quantitative estimate of drug-likeness (QED) is 0.766. The van der Waals surface area contributed by atoms with Crippen molar-refractivity contribution in [3.05, 3.63) is 29.6 Å². The topological polar surface area (TPSA) is 38.8 Å². The number of halogens is 1. The molecule has 2 fully saturated rings. The fraction of sp³-hybridized carbons (Fsp3) is 0.500. The first-order chi connectivity index (χ1) is 9.20. The Balaban J connectivity index is 2.02. The molecule has 2 unspecified atom stereocenters. The van der Waals surface area contributed by atoms with Crippen molar-refractivity contribution >= 4 is 11.7 Å². The van der Waals surface area contributed by atoms with Gasteiger partial charge in [-0.3, -0.25) is 0 Å². The average Bonchev–Trinajstić information content (AvgIpc) is 2.67. The SMILES string of the molecule is COC(=O)c1cc(F)ccc1N1C2CCC1COC2. The van der Waals surface area contributed by atoms with Crippen LogP contribution >= 0.6 is 0 Å². The Bertz CT molecular complexity index is 489. The van der Waals surface area contributed by atoms with Crippen molar-refractivity contribution in [1.82, 2.24) is 0 Å². The molecule has 2 bridgehead atoms. The second-order valence-corrected chi connectivity index (χ2v) is 4.98. The summed E-state index contributed by atoms with van der Waals surface area (Å²) in [4.78, 5) is 14.0. The molecular weight excluding hydrogens is 249 g/mol. The van der Waals surface area contributed by atoms with E-state index in [0.29, 0.717) is 18.8 Å². The summed E-state index contributed by atoms with van der Waals surface area (Å²) in [6, 6.07) is 4.84. The second-order valence-electron chi connectivity index (χ2n) is 4.98. The van der Waals surface area contributed by atoms with E-state index in [0.717, 1.165) is 18.5 Å². The summed E-state index contributed by atoms with van der Waals surface area (Å²) in [6.07, 6.45) is 2.09. The van der Waals surface area contributed by atoms with Crippen LogP contribution in [0.25, 0.3) is 0 Å². The minimum Gasteiger partial charge on any atom is -0.465 e. The maximum atomic E-state index is 13.4. The van der Waals surface area contributed by atoms with Crippen molar-refractivity contribution in [2.24, 2.45) is 0 Å². The summed E-state index contributed by atoms with van der Waals surface area (Å²) >= 11 is 0. The van der Waals surface area contributed by atoms with Gasteiger partial charge in [-0.1, -0.05) is 0 Å². The molecule has 0 radical (unpaired) electrons. The highest BCUT2D eigenvalue weighted by atomic mass is 19.1. The molecule has 2 aliphatic heterocycles. The van der Waals surface area contributed by atoms with Crippen LogP contribution < -0.4 is 4.90 Å². The Kier molecular flexibility index (Phi) is 3.14. The van der Waals surface area contributed by atoms with Gasteiger partial charge in [0.1, 0.15) is 5.82 Å².